The third-order valence-corrected chi connectivity index (χ3v) is 10.1. The monoisotopic (exact) mass is 310 g/mol. The van der Waals surface area contributed by atoms with Crippen molar-refractivity contribution in [3.63, 3.8) is 0 Å². The molecule has 2 heteroatoms. The minimum atomic E-state index is 0.772. The highest BCUT2D eigenvalue weighted by Gasteiger charge is 2.42. The van der Waals surface area contributed by atoms with Crippen LogP contribution < -0.4 is 0 Å². The summed E-state index contributed by atoms with van der Waals surface area (Å²) in [6, 6.07) is 0. The van der Waals surface area contributed by atoms with E-state index in [-0.39, 0.29) is 0 Å². The fourth-order valence-corrected chi connectivity index (χ4v) is 8.98. The Balaban J connectivity index is 1.23. The second kappa shape index (κ2) is 5.72. The van der Waals surface area contributed by atoms with E-state index in [0.717, 1.165) is 22.7 Å². The molecular weight excluding hydrogens is 280 g/mol. The summed E-state index contributed by atoms with van der Waals surface area (Å²) in [6.45, 7) is 0. The fraction of sp³-hybridized carbons (Fsp3) is 1.00. The standard InChI is InChI=1S/C18H30S2/c1-7-17(8-2-15(1)3-9-17)13-19-20-14-18-10-4-16(5-11-18)6-12-18/h15-16H,1-14H2. The van der Waals surface area contributed by atoms with Gasteiger partial charge in [0, 0.05) is 11.5 Å². The summed E-state index contributed by atoms with van der Waals surface area (Å²) >= 11 is 0. The zero-order chi connectivity index (χ0) is 13.5. The average molecular weight is 311 g/mol. The number of hydrogen-bond acceptors (Lipinski definition) is 2. The molecule has 6 aliphatic rings. The van der Waals surface area contributed by atoms with Crippen molar-refractivity contribution in [2.45, 2.75) is 77.0 Å². The van der Waals surface area contributed by atoms with Crippen LogP contribution in [-0.4, -0.2) is 11.5 Å². The van der Waals surface area contributed by atoms with E-state index in [0.29, 0.717) is 0 Å². The Morgan fingerprint density at radius 1 is 0.550 bits per heavy atom. The Morgan fingerprint density at radius 2 is 0.850 bits per heavy atom. The summed E-state index contributed by atoms with van der Waals surface area (Å²) in [4.78, 5) is 0. The van der Waals surface area contributed by atoms with Crippen LogP contribution in [0.25, 0.3) is 0 Å². The van der Waals surface area contributed by atoms with Gasteiger partial charge in [-0.25, -0.2) is 0 Å². The van der Waals surface area contributed by atoms with E-state index in [9.17, 15) is 0 Å². The first kappa shape index (κ1) is 14.3. The number of rotatable bonds is 5. The predicted molar refractivity (Wildman–Crippen MR) is 92.2 cm³/mol. The minimum Gasteiger partial charge on any atom is -0.0936 e. The van der Waals surface area contributed by atoms with Crippen LogP contribution in [0, 0.1) is 22.7 Å². The molecule has 0 N–H and O–H groups in total. The van der Waals surface area contributed by atoms with E-state index in [1.165, 1.54) is 11.5 Å². The Morgan fingerprint density at radius 3 is 1.15 bits per heavy atom. The van der Waals surface area contributed by atoms with Gasteiger partial charge in [0.1, 0.15) is 0 Å². The SMILES string of the molecule is C1CC2(CSSCC34CCC(CC3)CC4)CCC1CC2. The molecule has 6 saturated carbocycles. The van der Waals surface area contributed by atoms with Gasteiger partial charge in [-0.1, -0.05) is 21.6 Å². The molecule has 0 heterocycles. The van der Waals surface area contributed by atoms with Crippen molar-refractivity contribution in [2.75, 3.05) is 11.5 Å². The lowest BCUT2D eigenvalue weighted by molar-refractivity contribution is 0.0873. The highest BCUT2D eigenvalue weighted by atomic mass is 33.1. The van der Waals surface area contributed by atoms with E-state index < -0.39 is 0 Å². The molecule has 0 aromatic heterocycles. The van der Waals surface area contributed by atoms with E-state index in [1.54, 1.807) is 77.0 Å². The van der Waals surface area contributed by atoms with Crippen LogP contribution in [0.15, 0.2) is 0 Å². The molecule has 0 aromatic carbocycles. The predicted octanol–water partition coefficient (Wildman–Crippen LogP) is 6.31. The lowest BCUT2D eigenvalue weighted by Crippen LogP contribution is -2.36. The zero-order valence-electron chi connectivity index (χ0n) is 12.9. The van der Waals surface area contributed by atoms with Gasteiger partial charge in [0.25, 0.3) is 0 Å². The van der Waals surface area contributed by atoms with E-state index in [1.807, 2.05) is 0 Å². The molecule has 4 bridgehead atoms. The Bertz CT molecular complexity index is 274. The van der Waals surface area contributed by atoms with Crippen LogP contribution in [0.1, 0.15) is 77.0 Å². The van der Waals surface area contributed by atoms with Crippen molar-refractivity contribution in [1.82, 2.24) is 0 Å². The molecular formula is C18H30S2. The molecule has 0 nitrogen and oxygen atoms in total. The number of hydrogen-bond donors (Lipinski definition) is 0. The Kier molecular flexibility index (Phi) is 4.09. The van der Waals surface area contributed by atoms with E-state index in [2.05, 4.69) is 21.6 Å². The lowest BCUT2D eigenvalue weighted by atomic mass is 9.62. The first-order valence-electron chi connectivity index (χ1n) is 9.02. The van der Waals surface area contributed by atoms with Gasteiger partial charge >= 0.3 is 0 Å². The fourth-order valence-electron chi connectivity index (χ4n) is 5.44. The summed E-state index contributed by atoms with van der Waals surface area (Å²) < 4.78 is 0. The molecule has 114 valence electrons. The maximum absolute atomic E-state index is 2.25. The summed E-state index contributed by atoms with van der Waals surface area (Å²) in [6.07, 6.45) is 18.6. The summed E-state index contributed by atoms with van der Waals surface area (Å²) in [5, 5.41) is 0. The zero-order valence-corrected chi connectivity index (χ0v) is 14.5. The van der Waals surface area contributed by atoms with Gasteiger partial charge in [-0.05, 0) is 99.7 Å². The van der Waals surface area contributed by atoms with Crippen LogP contribution in [0.5, 0.6) is 0 Å². The smallest absolute Gasteiger partial charge is 0.00936 e. The molecule has 0 spiro atoms. The van der Waals surface area contributed by atoms with Crippen LogP contribution in [-0.2, 0) is 0 Å². The van der Waals surface area contributed by atoms with Gasteiger partial charge in [0.15, 0.2) is 0 Å². The van der Waals surface area contributed by atoms with E-state index >= 15 is 0 Å². The van der Waals surface area contributed by atoms with Gasteiger partial charge in [-0.15, -0.1) is 0 Å². The Hall–Kier alpha value is 0.700. The third-order valence-electron chi connectivity index (χ3n) is 7.31. The van der Waals surface area contributed by atoms with Crippen LogP contribution in [0.2, 0.25) is 0 Å². The van der Waals surface area contributed by atoms with Gasteiger partial charge in [0.05, 0.1) is 0 Å². The summed E-state index contributed by atoms with van der Waals surface area (Å²) in [5.41, 5.74) is 1.54. The maximum atomic E-state index is 2.25. The van der Waals surface area contributed by atoms with Crippen molar-refractivity contribution in [3.8, 4) is 0 Å². The van der Waals surface area contributed by atoms with Gasteiger partial charge in [-0.3, -0.25) is 0 Å². The van der Waals surface area contributed by atoms with Crippen molar-refractivity contribution in [3.05, 3.63) is 0 Å². The molecule has 6 fully saturated rings. The molecule has 0 amide bonds. The molecule has 6 aliphatic carbocycles. The minimum absolute atomic E-state index is 0.772. The number of fused-ring (bicyclic) bond motifs is 6. The summed E-state index contributed by atoms with van der Waals surface area (Å²) in [7, 11) is 4.50. The van der Waals surface area contributed by atoms with Gasteiger partial charge < -0.3 is 0 Å². The highest BCUT2D eigenvalue weighted by Crippen LogP contribution is 2.55. The van der Waals surface area contributed by atoms with Crippen molar-refractivity contribution < 1.29 is 0 Å². The first-order valence-corrected chi connectivity index (χ1v) is 11.5. The first-order chi connectivity index (χ1) is 9.78. The maximum Gasteiger partial charge on any atom is 0.00936 e. The molecule has 0 unspecified atom stereocenters. The third kappa shape index (κ3) is 2.81. The van der Waals surface area contributed by atoms with Crippen molar-refractivity contribution in [2.24, 2.45) is 22.7 Å². The lowest BCUT2D eigenvalue weighted by Gasteiger charge is -2.47. The molecule has 6 rings (SSSR count). The average Bonchev–Trinajstić information content (AvgIpc) is 2.55. The normalized spacial score (nSPS) is 46.8. The second-order valence-electron chi connectivity index (χ2n) is 8.49. The van der Waals surface area contributed by atoms with Crippen LogP contribution in [0.3, 0.4) is 0 Å². The van der Waals surface area contributed by atoms with Gasteiger partial charge in [-0.2, -0.15) is 0 Å². The van der Waals surface area contributed by atoms with E-state index in [4.69, 9.17) is 0 Å². The highest BCUT2D eigenvalue weighted by molar-refractivity contribution is 8.76. The Labute approximate surface area is 133 Å². The molecule has 0 saturated heterocycles. The van der Waals surface area contributed by atoms with Gasteiger partial charge in [0.2, 0.25) is 0 Å². The molecule has 0 radical (unpaired) electrons. The largest absolute Gasteiger partial charge is 0.0936 e. The molecule has 0 aromatic rings. The van der Waals surface area contributed by atoms with Crippen molar-refractivity contribution >= 4 is 21.6 Å². The second-order valence-corrected chi connectivity index (χ2v) is 11.0. The van der Waals surface area contributed by atoms with Crippen LogP contribution >= 0.6 is 21.6 Å². The van der Waals surface area contributed by atoms with Crippen molar-refractivity contribution in [1.29, 1.82) is 0 Å². The summed E-state index contributed by atoms with van der Waals surface area (Å²) in [5.74, 6) is 5.16. The quantitative estimate of drug-likeness (QED) is 0.431. The topological polar surface area (TPSA) is 0 Å². The molecule has 0 atom stereocenters. The van der Waals surface area contributed by atoms with Crippen LogP contribution in [0.4, 0.5) is 0 Å². The molecule has 20 heavy (non-hydrogen) atoms. The molecule has 0 aliphatic heterocycles.